The Labute approximate surface area is 158 Å². The molecule has 0 saturated heterocycles. The van der Waals surface area contributed by atoms with Gasteiger partial charge in [-0.05, 0) is 18.9 Å². The van der Waals surface area contributed by atoms with Crippen molar-refractivity contribution in [2.75, 3.05) is 6.54 Å². The van der Waals surface area contributed by atoms with E-state index < -0.39 is 6.61 Å². The van der Waals surface area contributed by atoms with Crippen molar-refractivity contribution in [1.29, 1.82) is 0 Å². The second-order valence-electron chi connectivity index (χ2n) is 6.42. The number of halogens is 2. The first kappa shape index (κ1) is 20.7. The molecule has 148 valence electrons. The standard InChI is InChI=1S/C19H27F2N5O/c1-4-22-19(25-12-17-23-9-10-26(17)13-14(2)3)24-11-15-7-5-6-8-16(15)27-18(20)21/h5-10,14,18H,4,11-13H2,1-3H3,(H2,22,24,25). The van der Waals surface area contributed by atoms with Gasteiger partial charge < -0.3 is 19.9 Å². The molecule has 0 amide bonds. The second kappa shape index (κ2) is 10.5. The fraction of sp³-hybridized carbons (Fsp3) is 0.474. The summed E-state index contributed by atoms with van der Waals surface area (Å²) in [5, 5.41) is 6.38. The Bertz CT molecular complexity index is 730. The Balaban J connectivity index is 2.04. The van der Waals surface area contributed by atoms with Gasteiger partial charge >= 0.3 is 6.61 Å². The molecule has 0 atom stereocenters. The van der Waals surface area contributed by atoms with Gasteiger partial charge in [0.1, 0.15) is 11.6 Å². The van der Waals surface area contributed by atoms with Crippen LogP contribution in [0.4, 0.5) is 8.78 Å². The topological polar surface area (TPSA) is 63.5 Å². The molecule has 0 aliphatic rings. The Morgan fingerprint density at radius 3 is 2.74 bits per heavy atom. The third kappa shape index (κ3) is 6.88. The summed E-state index contributed by atoms with van der Waals surface area (Å²) in [6, 6.07) is 6.66. The van der Waals surface area contributed by atoms with E-state index in [0.29, 0.717) is 30.5 Å². The molecule has 0 spiro atoms. The molecule has 2 aromatic rings. The molecule has 1 aromatic carbocycles. The summed E-state index contributed by atoms with van der Waals surface area (Å²) in [5.41, 5.74) is 0.594. The van der Waals surface area contributed by atoms with Crippen LogP contribution in [0, 0.1) is 5.92 Å². The van der Waals surface area contributed by atoms with Crippen molar-refractivity contribution in [3.63, 3.8) is 0 Å². The Morgan fingerprint density at radius 1 is 1.26 bits per heavy atom. The lowest BCUT2D eigenvalue weighted by molar-refractivity contribution is -0.0504. The molecule has 0 bridgehead atoms. The van der Waals surface area contributed by atoms with Crippen LogP contribution in [0.25, 0.3) is 0 Å². The minimum atomic E-state index is -2.86. The van der Waals surface area contributed by atoms with Crippen molar-refractivity contribution in [3.05, 3.63) is 48.0 Å². The molecule has 8 heteroatoms. The summed E-state index contributed by atoms with van der Waals surface area (Å²) < 4.78 is 31.7. The lowest BCUT2D eigenvalue weighted by Gasteiger charge is -2.14. The van der Waals surface area contributed by atoms with Crippen molar-refractivity contribution in [2.24, 2.45) is 10.9 Å². The predicted molar refractivity (Wildman–Crippen MR) is 102 cm³/mol. The maximum Gasteiger partial charge on any atom is 0.387 e. The number of rotatable bonds is 9. The molecule has 27 heavy (non-hydrogen) atoms. The summed E-state index contributed by atoms with van der Waals surface area (Å²) in [4.78, 5) is 8.85. The highest BCUT2D eigenvalue weighted by Crippen LogP contribution is 2.20. The largest absolute Gasteiger partial charge is 0.434 e. The number of para-hydroxylation sites is 1. The number of hydrogen-bond acceptors (Lipinski definition) is 3. The van der Waals surface area contributed by atoms with E-state index in [1.54, 1.807) is 24.4 Å². The van der Waals surface area contributed by atoms with E-state index in [1.807, 2.05) is 13.1 Å². The number of hydrogen-bond donors (Lipinski definition) is 2. The molecule has 1 heterocycles. The first-order valence-electron chi connectivity index (χ1n) is 9.04. The molecule has 2 rings (SSSR count). The summed E-state index contributed by atoms with van der Waals surface area (Å²) in [6.07, 6.45) is 3.74. The predicted octanol–water partition coefficient (Wildman–Crippen LogP) is 3.40. The molecule has 0 radical (unpaired) electrons. The summed E-state index contributed by atoms with van der Waals surface area (Å²) in [5.74, 6) is 2.16. The van der Waals surface area contributed by atoms with E-state index in [1.165, 1.54) is 6.07 Å². The van der Waals surface area contributed by atoms with Crippen molar-refractivity contribution in [2.45, 2.75) is 47.0 Å². The highest BCUT2D eigenvalue weighted by atomic mass is 19.3. The van der Waals surface area contributed by atoms with Gasteiger partial charge in [0.2, 0.25) is 0 Å². The van der Waals surface area contributed by atoms with Gasteiger partial charge in [-0.1, -0.05) is 32.0 Å². The Kier molecular flexibility index (Phi) is 8.03. The zero-order chi connectivity index (χ0) is 19.6. The summed E-state index contributed by atoms with van der Waals surface area (Å²) in [6.45, 7) is 5.72. The number of imidazole rings is 1. The van der Waals surface area contributed by atoms with Crippen molar-refractivity contribution >= 4 is 5.96 Å². The number of guanidine groups is 1. The van der Waals surface area contributed by atoms with Gasteiger partial charge in [-0.3, -0.25) is 0 Å². The lowest BCUT2D eigenvalue weighted by atomic mass is 10.2. The van der Waals surface area contributed by atoms with Crippen molar-refractivity contribution in [1.82, 2.24) is 20.2 Å². The van der Waals surface area contributed by atoms with Gasteiger partial charge in [-0.2, -0.15) is 8.78 Å². The number of nitrogens with one attached hydrogen (secondary N) is 2. The van der Waals surface area contributed by atoms with E-state index in [-0.39, 0.29) is 12.3 Å². The number of ether oxygens (including phenoxy) is 1. The van der Waals surface area contributed by atoms with Crippen LogP contribution in [0.2, 0.25) is 0 Å². The van der Waals surface area contributed by atoms with E-state index in [0.717, 1.165) is 12.4 Å². The average Bonchev–Trinajstić information content (AvgIpc) is 3.04. The zero-order valence-corrected chi connectivity index (χ0v) is 16.0. The molecular weight excluding hydrogens is 352 g/mol. The summed E-state index contributed by atoms with van der Waals surface area (Å²) in [7, 11) is 0. The van der Waals surface area contributed by atoms with Crippen molar-refractivity contribution in [3.8, 4) is 5.75 Å². The lowest BCUT2D eigenvalue weighted by Crippen LogP contribution is -2.37. The molecule has 1 aromatic heterocycles. The Morgan fingerprint density at radius 2 is 2.04 bits per heavy atom. The van der Waals surface area contributed by atoms with E-state index in [2.05, 4.69) is 43.8 Å². The average molecular weight is 379 g/mol. The van der Waals surface area contributed by atoms with Crippen LogP contribution in [0.15, 0.2) is 41.7 Å². The molecule has 0 aliphatic heterocycles. The molecule has 6 nitrogen and oxygen atoms in total. The third-order valence-electron chi connectivity index (χ3n) is 3.72. The van der Waals surface area contributed by atoms with Crippen LogP contribution in [0.3, 0.4) is 0 Å². The minimum absolute atomic E-state index is 0.138. The van der Waals surface area contributed by atoms with Crippen LogP contribution in [-0.4, -0.2) is 28.7 Å². The fourth-order valence-electron chi connectivity index (χ4n) is 2.58. The van der Waals surface area contributed by atoms with Gasteiger partial charge in [0, 0.05) is 31.0 Å². The first-order chi connectivity index (χ1) is 13.0. The maximum atomic E-state index is 12.5. The van der Waals surface area contributed by atoms with E-state index >= 15 is 0 Å². The van der Waals surface area contributed by atoms with Gasteiger partial charge in [0.05, 0.1) is 13.1 Å². The monoisotopic (exact) mass is 379 g/mol. The highest BCUT2D eigenvalue weighted by Gasteiger charge is 2.10. The number of benzene rings is 1. The van der Waals surface area contributed by atoms with E-state index in [9.17, 15) is 8.78 Å². The molecular formula is C19H27F2N5O. The zero-order valence-electron chi connectivity index (χ0n) is 16.0. The van der Waals surface area contributed by atoms with Gasteiger partial charge in [-0.25, -0.2) is 9.98 Å². The van der Waals surface area contributed by atoms with Crippen LogP contribution in [-0.2, 0) is 19.6 Å². The van der Waals surface area contributed by atoms with Gasteiger partial charge in [0.15, 0.2) is 5.96 Å². The fourth-order valence-corrected chi connectivity index (χ4v) is 2.58. The quantitative estimate of drug-likeness (QED) is 0.518. The summed E-state index contributed by atoms with van der Waals surface area (Å²) >= 11 is 0. The number of aliphatic imine (C=N–C) groups is 1. The minimum Gasteiger partial charge on any atom is -0.434 e. The van der Waals surface area contributed by atoms with Crippen LogP contribution < -0.4 is 15.4 Å². The normalized spacial score (nSPS) is 11.9. The third-order valence-corrected chi connectivity index (χ3v) is 3.72. The SMILES string of the molecule is CCNC(=NCc1ccccc1OC(F)F)NCc1nccn1CC(C)C. The second-order valence-corrected chi connectivity index (χ2v) is 6.42. The number of nitrogens with zero attached hydrogens (tertiary/aromatic N) is 3. The number of aromatic nitrogens is 2. The van der Waals surface area contributed by atoms with Gasteiger partial charge in [0.25, 0.3) is 0 Å². The molecule has 2 N–H and O–H groups in total. The molecule has 0 fully saturated rings. The first-order valence-corrected chi connectivity index (χ1v) is 9.04. The Hall–Kier alpha value is -2.64. The van der Waals surface area contributed by atoms with Crippen LogP contribution in [0.1, 0.15) is 32.2 Å². The highest BCUT2D eigenvalue weighted by molar-refractivity contribution is 5.79. The van der Waals surface area contributed by atoms with Crippen LogP contribution in [0.5, 0.6) is 5.75 Å². The number of alkyl halides is 2. The smallest absolute Gasteiger partial charge is 0.387 e. The maximum absolute atomic E-state index is 12.5. The van der Waals surface area contributed by atoms with Crippen molar-refractivity contribution < 1.29 is 13.5 Å². The van der Waals surface area contributed by atoms with Crippen LogP contribution >= 0.6 is 0 Å². The molecule has 0 aliphatic carbocycles. The van der Waals surface area contributed by atoms with E-state index in [4.69, 9.17) is 0 Å². The molecule has 0 saturated carbocycles. The molecule has 0 unspecified atom stereocenters. The van der Waals surface area contributed by atoms with Gasteiger partial charge in [-0.15, -0.1) is 0 Å².